The summed E-state index contributed by atoms with van der Waals surface area (Å²) in [5, 5.41) is 3.17. The highest BCUT2D eigenvalue weighted by Gasteiger charge is 2.29. The van der Waals surface area contributed by atoms with Crippen molar-refractivity contribution in [1.82, 2.24) is 0 Å². The molecule has 0 fully saturated rings. The van der Waals surface area contributed by atoms with Crippen molar-refractivity contribution in [2.24, 2.45) is 5.92 Å². The number of halogens is 1. The number of ether oxygens (including phenoxy) is 1. The number of fused-ring (bicyclic) bond motifs is 1. The molecule has 1 heterocycles. The fourth-order valence-corrected chi connectivity index (χ4v) is 4.47. The Hall–Kier alpha value is -2.21. The van der Waals surface area contributed by atoms with Gasteiger partial charge >= 0.3 is 5.97 Å². The quantitative estimate of drug-likeness (QED) is 0.819. The minimum atomic E-state index is -0.590. The zero-order valence-electron chi connectivity index (χ0n) is 14.2. The molecule has 25 heavy (non-hydrogen) atoms. The van der Waals surface area contributed by atoms with Crippen molar-refractivity contribution in [3.05, 3.63) is 51.7 Å². The van der Waals surface area contributed by atoms with Crippen LogP contribution in [0.15, 0.2) is 24.3 Å². The maximum absolute atomic E-state index is 13.9. The number of hydrogen-bond donors (Lipinski definition) is 1. The van der Waals surface area contributed by atoms with Gasteiger partial charge < -0.3 is 10.1 Å². The Morgan fingerprint density at radius 2 is 2.12 bits per heavy atom. The van der Waals surface area contributed by atoms with E-state index < -0.39 is 17.7 Å². The number of carbonyl (C=O) groups excluding carboxylic acids is 2. The second kappa shape index (κ2) is 7.35. The van der Waals surface area contributed by atoms with Gasteiger partial charge in [0.15, 0.2) is 0 Å². The fourth-order valence-electron chi connectivity index (χ4n) is 3.07. The van der Waals surface area contributed by atoms with Gasteiger partial charge in [-0.15, -0.1) is 11.3 Å². The second-order valence-corrected chi connectivity index (χ2v) is 7.32. The molecule has 6 heteroatoms. The summed E-state index contributed by atoms with van der Waals surface area (Å²) in [5.74, 6) is -1.04. The molecule has 0 spiro atoms. The Morgan fingerprint density at radius 3 is 2.84 bits per heavy atom. The standard InChI is InChI=1S/C19H20FNO3S/c1-3-24-19(23)16-13-9-8-11(2)10-15(13)25-18(16)21-17(22)12-6-4-5-7-14(12)20/h4-7,11H,3,8-10H2,1-2H3,(H,21,22)/t11-/m1/s1. The summed E-state index contributed by atoms with van der Waals surface area (Å²) in [7, 11) is 0. The monoisotopic (exact) mass is 361 g/mol. The molecule has 0 saturated heterocycles. The third-order valence-electron chi connectivity index (χ3n) is 4.34. The summed E-state index contributed by atoms with van der Waals surface area (Å²) in [6, 6.07) is 5.79. The predicted molar refractivity (Wildman–Crippen MR) is 95.8 cm³/mol. The summed E-state index contributed by atoms with van der Waals surface area (Å²) in [6.07, 6.45) is 2.66. The summed E-state index contributed by atoms with van der Waals surface area (Å²) in [6.45, 7) is 4.18. The summed E-state index contributed by atoms with van der Waals surface area (Å²) < 4.78 is 19.0. The molecular weight excluding hydrogens is 341 g/mol. The lowest BCUT2D eigenvalue weighted by atomic mass is 9.88. The SMILES string of the molecule is CCOC(=O)c1c(NC(=O)c2ccccc2F)sc2c1CC[C@@H](C)C2. The van der Waals surface area contributed by atoms with Gasteiger partial charge in [-0.1, -0.05) is 19.1 Å². The van der Waals surface area contributed by atoms with Crippen molar-refractivity contribution >= 4 is 28.2 Å². The molecule has 1 aliphatic carbocycles. The van der Waals surface area contributed by atoms with E-state index in [0.717, 1.165) is 29.7 Å². The van der Waals surface area contributed by atoms with Gasteiger partial charge in [-0.2, -0.15) is 0 Å². The van der Waals surface area contributed by atoms with Crippen LogP contribution >= 0.6 is 11.3 Å². The van der Waals surface area contributed by atoms with E-state index in [0.29, 0.717) is 16.5 Å². The maximum atomic E-state index is 13.9. The van der Waals surface area contributed by atoms with Gasteiger partial charge in [0.05, 0.1) is 17.7 Å². The van der Waals surface area contributed by atoms with Crippen molar-refractivity contribution < 1.29 is 18.7 Å². The molecule has 3 rings (SSSR count). The summed E-state index contributed by atoms with van der Waals surface area (Å²) in [5.41, 5.74) is 1.35. The van der Waals surface area contributed by atoms with E-state index >= 15 is 0 Å². The average Bonchev–Trinajstić information content (AvgIpc) is 2.92. The summed E-state index contributed by atoms with van der Waals surface area (Å²) in [4.78, 5) is 26.0. The second-order valence-electron chi connectivity index (χ2n) is 6.21. The maximum Gasteiger partial charge on any atom is 0.341 e. The number of carbonyl (C=O) groups is 2. The van der Waals surface area contributed by atoms with Gasteiger partial charge in [0.2, 0.25) is 0 Å². The zero-order valence-corrected chi connectivity index (χ0v) is 15.0. The molecule has 1 aliphatic rings. The van der Waals surface area contributed by atoms with Gasteiger partial charge in [-0.05, 0) is 49.8 Å². The lowest BCUT2D eigenvalue weighted by molar-refractivity contribution is 0.0526. The van der Waals surface area contributed by atoms with Crippen LogP contribution in [0.3, 0.4) is 0 Å². The highest BCUT2D eigenvalue weighted by atomic mass is 32.1. The van der Waals surface area contributed by atoms with Gasteiger partial charge in [0.1, 0.15) is 10.8 Å². The van der Waals surface area contributed by atoms with Crippen molar-refractivity contribution in [1.29, 1.82) is 0 Å². The zero-order chi connectivity index (χ0) is 18.0. The third kappa shape index (κ3) is 3.58. The molecule has 4 nitrogen and oxygen atoms in total. The van der Waals surface area contributed by atoms with Crippen molar-refractivity contribution in [2.45, 2.75) is 33.1 Å². The van der Waals surface area contributed by atoms with Crippen LogP contribution in [0.1, 0.15) is 51.4 Å². The molecule has 0 aliphatic heterocycles. The van der Waals surface area contributed by atoms with E-state index in [-0.39, 0.29) is 12.2 Å². The third-order valence-corrected chi connectivity index (χ3v) is 5.51. The fraction of sp³-hybridized carbons (Fsp3) is 0.368. The van der Waals surface area contributed by atoms with E-state index in [4.69, 9.17) is 4.74 Å². The van der Waals surface area contributed by atoms with Crippen LogP contribution in [0, 0.1) is 11.7 Å². The number of nitrogens with one attached hydrogen (secondary N) is 1. The number of amides is 1. The number of rotatable bonds is 4. The largest absolute Gasteiger partial charge is 0.462 e. The number of thiophene rings is 1. The van der Waals surface area contributed by atoms with Gasteiger partial charge in [0, 0.05) is 4.88 Å². The smallest absolute Gasteiger partial charge is 0.341 e. The number of hydrogen-bond acceptors (Lipinski definition) is 4. The first-order chi connectivity index (χ1) is 12.0. The first-order valence-corrected chi connectivity index (χ1v) is 9.20. The summed E-state index contributed by atoms with van der Waals surface area (Å²) >= 11 is 1.39. The van der Waals surface area contributed by atoms with Crippen LogP contribution in [-0.2, 0) is 17.6 Å². The Bertz CT molecular complexity index is 815. The van der Waals surface area contributed by atoms with Crippen molar-refractivity contribution in [3.8, 4) is 0 Å². The minimum Gasteiger partial charge on any atom is -0.462 e. The molecule has 0 unspecified atom stereocenters. The van der Waals surface area contributed by atoms with Crippen LogP contribution < -0.4 is 5.32 Å². The molecule has 0 radical (unpaired) electrons. The van der Waals surface area contributed by atoms with Crippen LogP contribution in [0.5, 0.6) is 0 Å². The lowest BCUT2D eigenvalue weighted by Crippen LogP contribution is -2.17. The normalized spacial score (nSPS) is 16.2. The van der Waals surface area contributed by atoms with E-state index in [1.807, 2.05) is 0 Å². The molecule has 1 aromatic heterocycles. The Morgan fingerprint density at radius 1 is 1.36 bits per heavy atom. The first kappa shape index (κ1) is 17.6. The van der Waals surface area contributed by atoms with Gasteiger partial charge in [-0.25, -0.2) is 9.18 Å². The molecule has 0 bridgehead atoms. The molecule has 1 atom stereocenters. The number of esters is 1. The van der Waals surface area contributed by atoms with E-state index in [1.54, 1.807) is 13.0 Å². The molecular formula is C19H20FNO3S. The Balaban J connectivity index is 1.96. The molecule has 0 saturated carbocycles. The van der Waals surface area contributed by atoms with Gasteiger partial charge in [0.25, 0.3) is 5.91 Å². The first-order valence-electron chi connectivity index (χ1n) is 8.38. The van der Waals surface area contributed by atoms with Crippen molar-refractivity contribution in [2.75, 3.05) is 11.9 Å². The molecule has 2 aromatic rings. The number of benzene rings is 1. The molecule has 1 N–H and O–H groups in total. The van der Waals surface area contributed by atoms with E-state index in [9.17, 15) is 14.0 Å². The van der Waals surface area contributed by atoms with Crippen LogP contribution in [-0.4, -0.2) is 18.5 Å². The van der Waals surface area contributed by atoms with Crippen LogP contribution in [0.4, 0.5) is 9.39 Å². The van der Waals surface area contributed by atoms with Gasteiger partial charge in [-0.3, -0.25) is 4.79 Å². The van der Waals surface area contributed by atoms with Crippen molar-refractivity contribution in [3.63, 3.8) is 0 Å². The predicted octanol–water partition coefficient (Wildman–Crippen LogP) is 4.44. The molecule has 1 amide bonds. The average molecular weight is 361 g/mol. The van der Waals surface area contributed by atoms with Crippen LogP contribution in [0.25, 0.3) is 0 Å². The highest BCUT2D eigenvalue weighted by Crippen LogP contribution is 2.40. The lowest BCUT2D eigenvalue weighted by Gasteiger charge is -2.18. The van der Waals surface area contributed by atoms with Crippen LogP contribution in [0.2, 0.25) is 0 Å². The van der Waals surface area contributed by atoms with E-state index in [2.05, 4.69) is 12.2 Å². The van der Waals surface area contributed by atoms with E-state index in [1.165, 1.54) is 29.5 Å². The highest BCUT2D eigenvalue weighted by molar-refractivity contribution is 7.17. The Kier molecular flexibility index (Phi) is 5.18. The topological polar surface area (TPSA) is 55.4 Å². The minimum absolute atomic E-state index is 0.0444. The molecule has 132 valence electrons. The number of anilines is 1. The Labute approximate surface area is 150 Å². The molecule has 1 aromatic carbocycles.